The van der Waals surface area contributed by atoms with Crippen LogP contribution in [0.25, 0.3) is 0 Å². The molecule has 0 heterocycles. The van der Waals surface area contributed by atoms with Gasteiger partial charge in [-0.25, -0.2) is 4.79 Å². The van der Waals surface area contributed by atoms with Crippen LogP contribution in [0, 0.1) is 3.57 Å². The van der Waals surface area contributed by atoms with Gasteiger partial charge >= 0.3 is 6.03 Å². The molecule has 0 spiro atoms. The summed E-state index contributed by atoms with van der Waals surface area (Å²) in [5.74, 6) is 0. The molecule has 0 aliphatic rings. The topological polar surface area (TPSA) is 46.3 Å². The van der Waals surface area contributed by atoms with Gasteiger partial charge in [-0.3, -0.25) is 0 Å². The Bertz CT molecular complexity index is 297. The molecule has 0 bridgehead atoms. The summed E-state index contributed by atoms with van der Waals surface area (Å²) in [5.41, 5.74) is 6.18. The third-order valence-electron chi connectivity index (χ3n) is 1.71. The number of nitrogens with zero attached hydrogens (tertiary/aromatic N) is 1. The van der Waals surface area contributed by atoms with Crippen LogP contribution < -0.4 is 5.73 Å². The van der Waals surface area contributed by atoms with E-state index in [1.54, 1.807) is 7.05 Å². The summed E-state index contributed by atoms with van der Waals surface area (Å²) in [5, 5.41) is 0. The van der Waals surface area contributed by atoms with Crippen LogP contribution >= 0.6 is 22.6 Å². The van der Waals surface area contributed by atoms with Crippen molar-refractivity contribution in [2.45, 2.75) is 6.54 Å². The highest BCUT2D eigenvalue weighted by Gasteiger charge is 2.02. The summed E-state index contributed by atoms with van der Waals surface area (Å²) < 4.78 is 1.18. The second kappa shape index (κ2) is 4.45. The Hall–Kier alpha value is -0.780. The van der Waals surface area contributed by atoms with Crippen molar-refractivity contribution in [2.24, 2.45) is 5.73 Å². The summed E-state index contributed by atoms with van der Waals surface area (Å²) >= 11 is 2.24. The Morgan fingerprint density at radius 3 is 2.46 bits per heavy atom. The lowest BCUT2D eigenvalue weighted by molar-refractivity contribution is 0.216. The molecule has 0 unspecified atom stereocenters. The van der Waals surface area contributed by atoms with Crippen LogP contribution in [-0.4, -0.2) is 18.0 Å². The Morgan fingerprint density at radius 1 is 1.46 bits per heavy atom. The minimum atomic E-state index is -0.404. The van der Waals surface area contributed by atoms with Crippen molar-refractivity contribution in [3.8, 4) is 0 Å². The molecule has 0 atom stereocenters. The fraction of sp³-hybridized carbons (Fsp3) is 0.222. The first-order chi connectivity index (χ1) is 6.09. The first-order valence-electron chi connectivity index (χ1n) is 3.84. The van der Waals surface area contributed by atoms with E-state index in [4.69, 9.17) is 5.73 Å². The first-order valence-corrected chi connectivity index (χ1v) is 4.92. The van der Waals surface area contributed by atoms with Gasteiger partial charge in [-0.15, -0.1) is 0 Å². The Balaban J connectivity index is 2.64. The molecule has 13 heavy (non-hydrogen) atoms. The van der Waals surface area contributed by atoms with Gasteiger partial charge < -0.3 is 10.6 Å². The van der Waals surface area contributed by atoms with E-state index in [1.165, 1.54) is 8.47 Å². The minimum Gasteiger partial charge on any atom is -0.351 e. The molecule has 1 aromatic rings. The number of carbonyl (C=O) groups is 1. The molecule has 0 aromatic heterocycles. The lowest BCUT2D eigenvalue weighted by Crippen LogP contribution is -2.31. The monoisotopic (exact) mass is 290 g/mol. The van der Waals surface area contributed by atoms with E-state index in [2.05, 4.69) is 22.6 Å². The molecule has 0 saturated carbocycles. The normalized spacial score (nSPS) is 9.69. The number of rotatable bonds is 2. The Morgan fingerprint density at radius 2 is 2.00 bits per heavy atom. The van der Waals surface area contributed by atoms with Gasteiger partial charge in [-0.2, -0.15) is 0 Å². The van der Waals surface area contributed by atoms with Crippen LogP contribution in [0.1, 0.15) is 5.56 Å². The first kappa shape index (κ1) is 10.3. The predicted octanol–water partition coefficient (Wildman–Crippen LogP) is 1.80. The van der Waals surface area contributed by atoms with Gasteiger partial charge in [0.25, 0.3) is 0 Å². The van der Waals surface area contributed by atoms with Gasteiger partial charge in [0.15, 0.2) is 0 Å². The number of amides is 2. The van der Waals surface area contributed by atoms with Crippen molar-refractivity contribution in [3.63, 3.8) is 0 Å². The van der Waals surface area contributed by atoms with Gasteiger partial charge in [0.05, 0.1) is 0 Å². The standard InChI is InChI=1S/C9H11IN2O/c1-12(9(11)13)6-7-2-4-8(10)5-3-7/h2-5H,6H2,1H3,(H2,11,13). The molecule has 2 amide bonds. The maximum atomic E-state index is 10.7. The number of halogens is 1. The summed E-state index contributed by atoms with van der Waals surface area (Å²) in [6.45, 7) is 0.562. The van der Waals surface area contributed by atoms with Crippen LogP contribution in [0.15, 0.2) is 24.3 Å². The zero-order valence-electron chi connectivity index (χ0n) is 7.33. The molecule has 0 saturated heterocycles. The molecule has 0 fully saturated rings. The largest absolute Gasteiger partial charge is 0.351 e. The smallest absolute Gasteiger partial charge is 0.314 e. The molecule has 3 nitrogen and oxygen atoms in total. The van der Waals surface area contributed by atoms with Gasteiger partial charge in [-0.1, -0.05) is 12.1 Å². The molecule has 4 heteroatoms. The Labute approximate surface area is 91.0 Å². The van der Waals surface area contributed by atoms with Crippen LogP contribution in [-0.2, 0) is 6.54 Å². The quantitative estimate of drug-likeness (QED) is 0.829. The maximum Gasteiger partial charge on any atom is 0.314 e. The van der Waals surface area contributed by atoms with Gasteiger partial charge in [0.1, 0.15) is 0 Å². The number of nitrogens with two attached hydrogens (primary N) is 1. The SMILES string of the molecule is CN(Cc1ccc(I)cc1)C(N)=O. The number of primary amides is 1. The molecular weight excluding hydrogens is 279 g/mol. The minimum absolute atomic E-state index is 0.404. The summed E-state index contributed by atoms with van der Waals surface area (Å²) in [4.78, 5) is 12.2. The van der Waals surface area contributed by atoms with Crippen LogP contribution in [0.2, 0.25) is 0 Å². The highest BCUT2D eigenvalue weighted by Crippen LogP contribution is 2.08. The maximum absolute atomic E-state index is 10.7. The summed E-state index contributed by atoms with van der Waals surface area (Å²) in [6.07, 6.45) is 0. The zero-order chi connectivity index (χ0) is 9.84. The number of carbonyl (C=O) groups excluding carboxylic acids is 1. The average Bonchev–Trinajstić information content (AvgIpc) is 2.08. The van der Waals surface area contributed by atoms with E-state index < -0.39 is 6.03 Å². The Kier molecular flexibility index (Phi) is 3.53. The fourth-order valence-electron chi connectivity index (χ4n) is 0.942. The highest BCUT2D eigenvalue weighted by atomic mass is 127. The third kappa shape index (κ3) is 3.22. The van der Waals surface area contributed by atoms with E-state index in [9.17, 15) is 4.79 Å². The van der Waals surface area contributed by atoms with Gasteiger partial charge in [0, 0.05) is 17.2 Å². The number of hydrogen-bond acceptors (Lipinski definition) is 1. The fourth-order valence-corrected chi connectivity index (χ4v) is 1.30. The molecular formula is C9H11IN2O. The zero-order valence-corrected chi connectivity index (χ0v) is 9.48. The van der Waals surface area contributed by atoms with Crippen molar-refractivity contribution >= 4 is 28.6 Å². The van der Waals surface area contributed by atoms with Gasteiger partial charge in [-0.05, 0) is 40.3 Å². The lowest BCUT2D eigenvalue weighted by Gasteiger charge is -2.13. The summed E-state index contributed by atoms with van der Waals surface area (Å²) in [6, 6.07) is 7.58. The van der Waals surface area contributed by atoms with E-state index in [1.807, 2.05) is 24.3 Å². The van der Waals surface area contributed by atoms with E-state index in [-0.39, 0.29) is 0 Å². The second-order valence-electron chi connectivity index (χ2n) is 2.82. The van der Waals surface area contributed by atoms with Crippen LogP contribution in [0.5, 0.6) is 0 Å². The molecule has 2 N–H and O–H groups in total. The molecule has 0 aliphatic carbocycles. The number of benzene rings is 1. The molecule has 1 rings (SSSR count). The number of urea groups is 1. The molecule has 1 aromatic carbocycles. The van der Waals surface area contributed by atoms with Crippen molar-refractivity contribution in [3.05, 3.63) is 33.4 Å². The average molecular weight is 290 g/mol. The highest BCUT2D eigenvalue weighted by molar-refractivity contribution is 14.1. The van der Waals surface area contributed by atoms with Crippen LogP contribution in [0.4, 0.5) is 4.79 Å². The third-order valence-corrected chi connectivity index (χ3v) is 2.43. The van der Waals surface area contributed by atoms with Gasteiger partial charge in [0.2, 0.25) is 0 Å². The molecule has 70 valence electrons. The van der Waals surface area contributed by atoms with Crippen molar-refractivity contribution in [2.75, 3.05) is 7.05 Å². The van der Waals surface area contributed by atoms with Crippen molar-refractivity contribution < 1.29 is 4.79 Å². The second-order valence-corrected chi connectivity index (χ2v) is 4.07. The lowest BCUT2D eigenvalue weighted by atomic mass is 10.2. The van der Waals surface area contributed by atoms with Crippen LogP contribution in [0.3, 0.4) is 0 Å². The van der Waals surface area contributed by atoms with Crippen molar-refractivity contribution in [1.29, 1.82) is 0 Å². The van der Waals surface area contributed by atoms with E-state index in [0.717, 1.165) is 5.56 Å². The molecule has 0 radical (unpaired) electrons. The van der Waals surface area contributed by atoms with E-state index >= 15 is 0 Å². The summed E-state index contributed by atoms with van der Waals surface area (Å²) in [7, 11) is 1.68. The van der Waals surface area contributed by atoms with Crippen molar-refractivity contribution in [1.82, 2.24) is 4.90 Å². The molecule has 0 aliphatic heterocycles. The van der Waals surface area contributed by atoms with E-state index in [0.29, 0.717) is 6.54 Å². The predicted molar refractivity (Wildman–Crippen MR) is 60.2 cm³/mol. The number of hydrogen-bond donors (Lipinski definition) is 1.